The fourth-order valence-corrected chi connectivity index (χ4v) is 1.55. The average molecular weight is 288 g/mol. The lowest BCUT2D eigenvalue weighted by Crippen LogP contribution is -2.00. The molecule has 0 unspecified atom stereocenters. The highest BCUT2D eigenvalue weighted by Crippen LogP contribution is 2.17. The van der Waals surface area contributed by atoms with Gasteiger partial charge in [0.15, 0.2) is 0 Å². The van der Waals surface area contributed by atoms with Crippen LogP contribution in [0, 0.1) is 18.6 Å². The summed E-state index contributed by atoms with van der Waals surface area (Å²) in [6.45, 7) is 1.51. The van der Waals surface area contributed by atoms with Gasteiger partial charge in [0.1, 0.15) is 17.3 Å². The molecule has 0 aliphatic heterocycles. The summed E-state index contributed by atoms with van der Waals surface area (Å²) in [6, 6.07) is 2.25. The fourth-order valence-electron chi connectivity index (χ4n) is 1.29. The van der Waals surface area contributed by atoms with Crippen molar-refractivity contribution in [3.8, 4) is 5.69 Å². The van der Waals surface area contributed by atoms with Crippen LogP contribution < -0.4 is 0 Å². The molecule has 0 saturated heterocycles. The topological polar surface area (TPSA) is 30.7 Å². The number of aromatic nitrogens is 3. The van der Waals surface area contributed by atoms with E-state index in [1.165, 1.54) is 11.6 Å². The van der Waals surface area contributed by atoms with E-state index in [4.69, 9.17) is 0 Å². The van der Waals surface area contributed by atoms with E-state index >= 15 is 0 Å². The summed E-state index contributed by atoms with van der Waals surface area (Å²) in [5.74, 6) is -0.989. The van der Waals surface area contributed by atoms with Crippen LogP contribution >= 0.6 is 15.9 Å². The molecule has 1 aromatic heterocycles. The van der Waals surface area contributed by atoms with E-state index in [9.17, 15) is 8.78 Å². The summed E-state index contributed by atoms with van der Waals surface area (Å²) < 4.78 is 28.1. The maximum atomic E-state index is 13.6. The van der Waals surface area contributed by atoms with Gasteiger partial charge in [0.05, 0.1) is 11.9 Å². The zero-order chi connectivity index (χ0) is 11.7. The molecule has 0 radical (unpaired) electrons. The Morgan fingerprint density at radius 2 is 2.06 bits per heavy atom. The van der Waals surface area contributed by atoms with Crippen LogP contribution in [-0.2, 0) is 5.33 Å². The summed E-state index contributed by atoms with van der Waals surface area (Å²) in [5.41, 5.74) is 0.977. The molecular formula is C10H8BrF2N3. The van der Waals surface area contributed by atoms with E-state index < -0.39 is 11.6 Å². The minimum Gasteiger partial charge on any atom is -0.217 e. The predicted octanol–water partition coefficient (Wildman–Crippen LogP) is 2.75. The van der Waals surface area contributed by atoms with Crippen molar-refractivity contribution in [3.63, 3.8) is 0 Å². The molecule has 0 aliphatic rings. The predicted molar refractivity (Wildman–Crippen MR) is 58.6 cm³/mol. The van der Waals surface area contributed by atoms with Crippen molar-refractivity contribution in [2.24, 2.45) is 0 Å². The van der Waals surface area contributed by atoms with Crippen molar-refractivity contribution in [2.75, 3.05) is 0 Å². The standard InChI is InChI=1S/C10H8BrF2N3/c1-6-2-9(13)10(3-8(6)12)16-5-7(4-11)14-15-16/h2-3,5H,4H2,1H3. The first-order chi connectivity index (χ1) is 7.61. The van der Waals surface area contributed by atoms with Crippen LogP contribution in [0.2, 0.25) is 0 Å². The second kappa shape index (κ2) is 4.29. The molecule has 0 N–H and O–H groups in total. The van der Waals surface area contributed by atoms with Crippen LogP contribution in [0.5, 0.6) is 0 Å². The molecule has 3 nitrogen and oxygen atoms in total. The molecular weight excluding hydrogens is 280 g/mol. The highest BCUT2D eigenvalue weighted by molar-refractivity contribution is 9.08. The van der Waals surface area contributed by atoms with Crippen LogP contribution in [0.1, 0.15) is 11.3 Å². The Morgan fingerprint density at radius 1 is 1.31 bits per heavy atom. The van der Waals surface area contributed by atoms with Crippen LogP contribution in [0.15, 0.2) is 18.3 Å². The largest absolute Gasteiger partial charge is 0.217 e. The van der Waals surface area contributed by atoms with E-state index in [-0.39, 0.29) is 11.3 Å². The van der Waals surface area contributed by atoms with Gasteiger partial charge in [0.2, 0.25) is 0 Å². The average Bonchev–Trinajstić information content (AvgIpc) is 2.71. The minimum absolute atomic E-state index is 0.0581. The van der Waals surface area contributed by atoms with Crippen molar-refractivity contribution in [2.45, 2.75) is 12.3 Å². The van der Waals surface area contributed by atoms with Gasteiger partial charge in [-0.15, -0.1) is 5.10 Å². The molecule has 0 amide bonds. The Balaban J connectivity index is 2.51. The summed E-state index contributed by atoms with van der Waals surface area (Å²) in [7, 11) is 0. The van der Waals surface area contributed by atoms with Gasteiger partial charge in [-0.3, -0.25) is 0 Å². The van der Waals surface area contributed by atoms with Gasteiger partial charge >= 0.3 is 0 Å². The SMILES string of the molecule is Cc1cc(F)c(-n2cc(CBr)nn2)cc1F. The summed E-state index contributed by atoms with van der Waals surface area (Å²) >= 11 is 3.20. The Labute approximate surface area is 99.2 Å². The molecule has 0 aliphatic carbocycles. The third-order valence-electron chi connectivity index (χ3n) is 2.15. The van der Waals surface area contributed by atoms with Crippen LogP contribution in [0.25, 0.3) is 5.69 Å². The van der Waals surface area contributed by atoms with Crippen molar-refractivity contribution < 1.29 is 8.78 Å². The summed E-state index contributed by atoms with van der Waals surface area (Å²) in [6.07, 6.45) is 1.54. The second-order valence-corrected chi connectivity index (χ2v) is 3.90. The van der Waals surface area contributed by atoms with E-state index in [2.05, 4.69) is 26.2 Å². The Hall–Kier alpha value is -1.30. The molecule has 2 rings (SSSR count). The smallest absolute Gasteiger partial charge is 0.149 e. The van der Waals surface area contributed by atoms with E-state index in [0.29, 0.717) is 11.0 Å². The number of hydrogen-bond donors (Lipinski definition) is 0. The van der Waals surface area contributed by atoms with E-state index in [1.807, 2.05) is 0 Å². The first-order valence-corrected chi connectivity index (χ1v) is 5.67. The first-order valence-electron chi connectivity index (χ1n) is 4.55. The van der Waals surface area contributed by atoms with Crippen LogP contribution in [0.4, 0.5) is 8.78 Å². The fraction of sp³-hybridized carbons (Fsp3) is 0.200. The van der Waals surface area contributed by atoms with Crippen molar-refractivity contribution in [1.82, 2.24) is 15.0 Å². The lowest BCUT2D eigenvalue weighted by atomic mass is 10.2. The van der Waals surface area contributed by atoms with Gasteiger partial charge in [-0.05, 0) is 18.6 Å². The third-order valence-corrected chi connectivity index (χ3v) is 2.73. The zero-order valence-electron chi connectivity index (χ0n) is 8.41. The van der Waals surface area contributed by atoms with Gasteiger partial charge in [-0.2, -0.15) is 0 Å². The van der Waals surface area contributed by atoms with Gasteiger partial charge < -0.3 is 0 Å². The first kappa shape index (κ1) is 11.2. The molecule has 0 fully saturated rings. The minimum atomic E-state index is -0.523. The summed E-state index contributed by atoms with van der Waals surface area (Å²) in [5, 5.41) is 8.02. The van der Waals surface area contributed by atoms with E-state index in [1.54, 1.807) is 6.20 Å². The normalized spacial score (nSPS) is 10.8. The number of halogens is 3. The number of benzene rings is 1. The van der Waals surface area contributed by atoms with Crippen LogP contribution in [-0.4, -0.2) is 15.0 Å². The molecule has 6 heteroatoms. The number of rotatable bonds is 2. The second-order valence-electron chi connectivity index (χ2n) is 3.34. The molecule has 1 heterocycles. The molecule has 0 bridgehead atoms. The maximum Gasteiger partial charge on any atom is 0.149 e. The molecule has 2 aromatic rings. The van der Waals surface area contributed by atoms with Crippen LogP contribution in [0.3, 0.4) is 0 Å². The highest BCUT2D eigenvalue weighted by Gasteiger charge is 2.10. The van der Waals surface area contributed by atoms with Crippen molar-refractivity contribution in [3.05, 3.63) is 41.2 Å². The Kier molecular flexibility index (Phi) is 3.00. The van der Waals surface area contributed by atoms with Crippen molar-refractivity contribution >= 4 is 15.9 Å². The highest BCUT2D eigenvalue weighted by atomic mass is 79.9. The maximum absolute atomic E-state index is 13.6. The molecule has 0 spiro atoms. The van der Waals surface area contributed by atoms with E-state index in [0.717, 1.165) is 12.1 Å². The Bertz CT molecular complexity index is 525. The lowest BCUT2D eigenvalue weighted by molar-refractivity contribution is 0.578. The van der Waals surface area contributed by atoms with Gasteiger partial charge in [0, 0.05) is 11.4 Å². The van der Waals surface area contributed by atoms with Gasteiger partial charge in [-0.25, -0.2) is 13.5 Å². The number of aryl methyl sites for hydroxylation is 1. The third kappa shape index (κ3) is 1.97. The molecule has 16 heavy (non-hydrogen) atoms. The molecule has 84 valence electrons. The quantitative estimate of drug-likeness (QED) is 0.795. The molecule has 1 aromatic carbocycles. The lowest BCUT2D eigenvalue weighted by Gasteiger charge is -2.04. The Morgan fingerprint density at radius 3 is 2.69 bits per heavy atom. The van der Waals surface area contributed by atoms with Gasteiger partial charge in [0.25, 0.3) is 0 Å². The molecule has 0 atom stereocenters. The van der Waals surface area contributed by atoms with Gasteiger partial charge in [-0.1, -0.05) is 21.1 Å². The number of nitrogens with zero attached hydrogens (tertiary/aromatic N) is 3. The number of alkyl halides is 1. The summed E-state index contributed by atoms with van der Waals surface area (Å²) in [4.78, 5) is 0. The molecule has 0 saturated carbocycles. The monoisotopic (exact) mass is 287 g/mol. The zero-order valence-corrected chi connectivity index (χ0v) is 10.0. The number of hydrogen-bond acceptors (Lipinski definition) is 2. The van der Waals surface area contributed by atoms with Crippen molar-refractivity contribution in [1.29, 1.82) is 0 Å².